The van der Waals surface area contributed by atoms with Gasteiger partial charge in [-0.05, 0) is 23.1 Å². The van der Waals surface area contributed by atoms with Gasteiger partial charge in [-0.15, -0.1) is 24.0 Å². The van der Waals surface area contributed by atoms with Crippen molar-refractivity contribution in [2.45, 2.75) is 4.90 Å². The maximum Gasteiger partial charge on any atom is 0.116 e. The van der Waals surface area contributed by atoms with Gasteiger partial charge >= 0.3 is 0 Å². The molecule has 1 aromatic carbocycles. The van der Waals surface area contributed by atoms with E-state index in [4.69, 9.17) is 0 Å². The van der Waals surface area contributed by atoms with Crippen LogP contribution in [-0.2, 0) is 0 Å². The number of thiophene rings is 1. The maximum atomic E-state index is 9.50. The van der Waals surface area contributed by atoms with E-state index < -0.39 is 0 Å². The molecule has 0 amide bonds. The Hall–Kier alpha value is -1.19. The van der Waals surface area contributed by atoms with Crippen LogP contribution in [0.1, 0.15) is 11.1 Å². The Labute approximate surface area is 97.8 Å². The second-order valence-corrected chi connectivity index (χ2v) is 4.54. The van der Waals surface area contributed by atoms with Crippen LogP contribution in [0.25, 0.3) is 21.9 Å². The summed E-state index contributed by atoms with van der Waals surface area (Å²) in [5.74, 6) is 0.0785. The Balaban J connectivity index is 2.91. The van der Waals surface area contributed by atoms with Crippen LogP contribution in [0.5, 0.6) is 0 Å². The summed E-state index contributed by atoms with van der Waals surface area (Å²) in [6, 6.07) is 3.82. The Kier molecular flexibility index (Phi) is 2.59. The summed E-state index contributed by atoms with van der Waals surface area (Å²) < 4.78 is 1.06. The lowest BCUT2D eigenvalue weighted by Gasteiger charge is -2.06. The van der Waals surface area contributed by atoms with Crippen molar-refractivity contribution in [3.05, 3.63) is 41.8 Å². The third kappa shape index (κ3) is 1.58. The molecule has 0 bridgehead atoms. The van der Waals surface area contributed by atoms with Crippen LogP contribution in [0.4, 0.5) is 0 Å². The van der Waals surface area contributed by atoms with E-state index in [9.17, 15) is 5.11 Å². The molecule has 15 heavy (non-hydrogen) atoms. The lowest BCUT2D eigenvalue weighted by molar-refractivity contribution is 0.514. The molecular formula is C12H10OS2. The summed E-state index contributed by atoms with van der Waals surface area (Å²) in [5, 5.41) is 12.5. The molecule has 1 N–H and O–H groups in total. The molecule has 0 fully saturated rings. The SMILES string of the molecule is C=Cc1cc(C(=C)O)c2ccsc2c1S. The van der Waals surface area contributed by atoms with Crippen LogP contribution in [0.3, 0.4) is 0 Å². The van der Waals surface area contributed by atoms with E-state index in [1.165, 1.54) is 0 Å². The average Bonchev–Trinajstić information content (AvgIpc) is 2.67. The third-order valence-electron chi connectivity index (χ3n) is 2.27. The van der Waals surface area contributed by atoms with Gasteiger partial charge in [-0.3, -0.25) is 0 Å². The van der Waals surface area contributed by atoms with Crippen molar-refractivity contribution in [3.63, 3.8) is 0 Å². The number of rotatable bonds is 2. The Morgan fingerprint density at radius 2 is 2.27 bits per heavy atom. The van der Waals surface area contributed by atoms with Crippen LogP contribution in [0.15, 0.2) is 35.6 Å². The number of hydrogen-bond acceptors (Lipinski definition) is 3. The number of thiol groups is 1. The number of benzene rings is 1. The smallest absolute Gasteiger partial charge is 0.116 e. The first-order chi connectivity index (χ1) is 7.15. The molecule has 2 aromatic rings. The van der Waals surface area contributed by atoms with Crippen molar-refractivity contribution in [3.8, 4) is 0 Å². The van der Waals surface area contributed by atoms with E-state index >= 15 is 0 Å². The summed E-state index contributed by atoms with van der Waals surface area (Å²) >= 11 is 6.05. The van der Waals surface area contributed by atoms with Crippen molar-refractivity contribution in [1.82, 2.24) is 0 Å². The van der Waals surface area contributed by atoms with Gasteiger partial charge in [0, 0.05) is 20.5 Å². The van der Waals surface area contributed by atoms with Crippen molar-refractivity contribution in [2.75, 3.05) is 0 Å². The highest BCUT2D eigenvalue weighted by Gasteiger charge is 2.10. The quantitative estimate of drug-likeness (QED) is 0.584. The summed E-state index contributed by atoms with van der Waals surface area (Å²) in [6.07, 6.45) is 1.73. The molecule has 0 unspecified atom stereocenters. The molecule has 0 atom stereocenters. The monoisotopic (exact) mass is 234 g/mol. The van der Waals surface area contributed by atoms with Crippen LogP contribution >= 0.6 is 24.0 Å². The standard InChI is InChI=1S/C12H10OS2/c1-3-8-6-10(7(2)13)9-4-5-15-12(9)11(8)14/h3-6,13-14H,1-2H2. The summed E-state index contributed by atoms with van der Waals surface area (Å²) in [4.78, 5) is 0.903. The molecule has 3 heteroatoms. The first kappa shape index (κ1) is 10.3. The molecule has 0 radical (unpaired) electrons. The normalized spacial score (nSPS) is 10.5. The molecule has 0 aliphatic rings. The average molecular weight is 234 g/mol. The van der Waals surface area contributed by atoms with Gasteiger partial charge in [-0.1, -0.05) is 19.2 Å². The second-order valence-electron chi connectivity index (χ2n) is 3.18. The molecule has 1 nitrogen and oxygen atoms in total. The van der Waals surface area contributed by atoms with Gasteiger partial charge in [0.25, 0.3) is 0 Å². The molecule has 0 aliphatic heterocycles. The fraction of sp³-hybridized carbons (Fsp3) is 0. The zero-order chi connectivity index (χ0) is 11.0. The third-order valence-corrected chi connectivity index (χ3v) is 3.84. The van der Waals surface area contributed by atoms with Crippen LogP contribution in [-0.4, -0.2) is 5.11 Å². The van der Waals surface area contributed by atoms with Crippen molar-refractivity contribution < 1.29 is 5.11 Å². The second kappa shape index (κ2) is 3.76. The van der Waals surface area contributed by atoms with E-state index in [-0.39, 0.29) is 5.76 Å². The fourth-order valence-corrected chi connectivity index (χ4v) is 2.84. The van der Waals surface area contributed by atoms with Crippen LogP contribution in [0, 0.1) is 0 Å². The van der Waals surface area contributed by atoms with Crippen molar-refractivity contribution >= 4 is 45.9 Å². The van der Waals surface area contributed by atoms with Crippen LogP contribution in [0.2, 0.25) is 0 Å². The highest BCUT2D eigenvalue weighted by atomic mass is 32.1. The Morgan fingerprint density at radius 1 is 1.53 bits per heavy atom. The Bertz CT molecular complexity index is 552. The topological polar surface area (TPSA) is 20.2 Å². The van der Waals surface area contributed by atoms with Gasteiger partial charge in [-0.25, -0.2) is 0 Å². The summed E-state index contributed by atoms with van der Waals surface area (Å²) in [7, 11) is 0. The van der Waals surface area contributed by atoms with E-state index in [2.05, 4.69) is 25.8 Å². The molecule has 76 valence electrons. The van der Waals surface area contributed by atoms with E-state index in [1.54, 1.807) is 17.4 Å². The van der Waals surface area contributed by atoms with Crippen LogP contribution < -0.4 is 0 Å². The molecule has 0 saturated heterocycles. The van der Waals surface area contributed by atoms with E-state index in [0.717, 1.165) is 26.1 Å². The predicted molar refractivity (Wildman–Crippen MR) is 70.8 cm³/mol. The lowest BCUT2D eigenvalue weighted by Crippen LogP contribution is -1.86. The molecule has 0 aliphatic carbocycles. The predicted octanol–water partition coefficient (Wildman–Crippen LogP) is 4.36. The van der Waals surface area contributed by atoms with Crippen molar-refractivity contribution in [2.24, 2.45) is 0 Å². The number of hydrogen-bond donors (Lipinski definition) is 2. The lowest BCUT2D eigenvalue weighted by atomic mass is 10.1. The van der Waals surface area contributed by atoms with Gasteiger partial charge in [-0.2, -0.15) is 0 Å². The molecule has 1 heterocycles. The minimum Gasteiger partial charge on any atom is -0.508 e. The molecule has 2 rings (SSSR count). The minimum atomic E-state index is 0.0785. The number of fused-ring (bicyclic) bond motifs is 1. The van der Waals surface area contributed by atoms with E-state index in [1.807, 2.05) is 17.5 Å². The summed E-state index contributed by atoms with van der Waals surface area (Å²) in [6.45, 7) is 7.29. The zero-order valence-electron chi connectivity index (χ0n) is 8.03. The van der Waals surface area contributed by atoms with Gasteiger partial charge < -0.3 is 5.11 Å². The first-order valence-corrected chi connectivity index (χ1v) is 5.71. The maximum absolute atomic E-state index is 9.50. The zero-order valence-corrected chi connectivity index (χ0v) is 9.74. The van der Waals surface area contributed by atoms with Gasteiger partial charge in [0.05, 0.1) is 0 Å². The Morgan fingerprint density at radius 3 is 2.87 bits per heavy atom. The highest BCUT2D eigenvalue weighted by molar-refractivity contribution is 7.80. The molecule has 0 spiro atoms. The van der Waals surface area contributed by atoms with Crippen molar-refractivity contribution in [1.29, 1.82) is 0 Å². The molecular weight excluding hydrogens is 224 g/mol. The highest BCUT2D eigenvalue weighted by Crippen LogP contribution is 2.35. The van der Waals surface area contributed by atoms with Gasteiger partial charge in [0.2, 0.25) is 0 Å². The van der Waals surface area contributed by atoms with E-state index in [0.29, 0.717) is 0 Å². The summed E-state index contributed by atoms with van der Waals surface area (Å²) in [5.41, 5.74) is 1.66. The first-order valence-electron chi connectivity index (χ1n) is 4.39. The van der Waals surface area contributed by atoms with Gasteiger partial charge in [0.1, 0.15) is 5.76 Å². The molecule has 1 aromatic heterocycles. The number of aliphatic hydroxyl groups is 1. The minimum absolute atomic E-state index is 0.0785. The number of aliphatic hydroxyl groups excluding tert-OH is 1. The van der Waals surface area contributed by atoms with Gasteiger partial charge in [0.15, 0.2) is 0 Å². The fourth-order valence-electron chi connectivity index (χ4n) is 1.53. The molecule has 0 saturated carbocycles. The largest absolute Gasteiger partial charge is 0.508 e.